The lowest BCUT2D eigenvalue weighted by Gasteiger charge is -2.02. The van der Waals surface area contributed by atoms with Gasteiger partial charge in [0.05, 0.1) is 6.21 Å². The molecular formula is C17H18N2O. The molecule has 3 nitrogen and oxygen atoms in total. The predicted molar refractivity (Wildman–Crippen MR) is 82.1 cm³/mol. The van der Waals surface area contributed by atoms with E-state index in [1.807, 2.05) is 55.5 Å². The van der Waals surface area contributed by atoms with Gasteiger partial charge in [-0.1, -0.05) is 43.3 Å². The highest BCUT2D eigenvalue weighted by molar-refractivity contribution is 5.95. The minimum atomic E-state index is -0.197. The lowest BCUT2D eigenvalue weighted by Crippen LogP contribution is -2.17. The fourth-order valence-electron chi connectivity index (χ4n) is 1.85. The zero-order chi connectivity index (χ0) is 14.4. The van der Waals surface area contributed by atoms with E-state index in [1.54, 1.807) is 6.21 Å². The summed E-state index contributed by atoms with van der Waals surface area (Å²) in [6, 6.07) is 15.4. The zero-order valence-electron chi connectivity index (χ0n) is 11.8. The summed E-state index contributed by atoms with van der Waals surface area (Å²) in [6.07, 6.45) is 2.63. The van der Waals surface area contributed by atoms with E-state index in [2.05, 4.69) is 17.5 Å². The van der Waals surface area contributed by atoms with Gasteiger partial charge in [-0.15, -0.1) is 0 Å². The van der Waals surface area contributed by atoms with Crippen LogP contribution in [-0.2, 0) is 6.42 Å². The largest absolute Gasteiger partial charge is 0.271 e. The minimum absolute atomic E-state index is 0.197. The normalized spacial score (nSPS) is 10.7. The third kappa shape index (κ3) is 3.54. The number of aryl methyl sites for hydroxylation is 2. The van der Waals surface area contributed by atoms with Gasteiger partial charge in [-0.3, -0.25) is 4.79 Å². The first-order valence-corrected chi connectivity index (χ1v) is 6.68. The fraction of sp³-hybridized carbons (Fsp3) is 0.176. The Morgan fingerprint density at radius 2 is 1.85 bits per heavy atom. The SMILES string of the molecule is CCc1ccc(C(=O)N/N=C\c2ccccc2C)cc1. The highest BCUT2D eigenvalue weighted by Crippen LogP contribution is 2.05. The summed E-state index contributed by atoms with van der Waals surface area (Å²) >= 11 is 0. The Balaban J connectivity index is 1.99. The Morgan fingerprint density at radius 1 is 1.15 bits per heavy atom. The van der Waals surface area contributed by atoms with Gasteiger partial charge in [0.1, 0.15) is 0 Å². The number of amides is 1. The van der Waals surface area contributed by atoms with E-state index in [0.717, 1.165) is 17.5 Å². The minimum Gasteiger partial charge on any atom is -0.267 e. The number of benzene rings is 2. The van der Waals surface area contributed by atoms with Gasteiger partial charge in [-0.2, -0.15) is 5.10 Å². The van der Waals surface area contributed by atoms with Crippen LogP contribution in [0.3, 0.4) is 0 Å². The van der Waals surface area contributed by atoms with Crippen molar-refractivity contribution in [2.75, 3.05) is 0 Å². The molecule has 0 fully saturated rings. The van der Waals surface area contributed by atoms with E-state index in [-0.39, 0.29) is 5.91 Å². The lowest BCUT2D eigenvalue weighted by atomic mass is 10.1. The first-order chi connectivity index (χ1) is 9.70. The molecule has 0 bridgehead atoms. The van der Waals surface area contributed by atoms with Crippen LogP contribution >= 0.6 is 0 Å². The number of carbonyl (C=O) groups is 1. The molecule has 0 radical (unpaired) electrons. The average Bonchev–Trinajstić information content (AvgIpc) is 2.49. The molecule has 1 amide bonds. The zero-order valence-corrected chi connectivity index (χ0v) is 11.8. The second-order valence-electron chi connectivity index (χ2n) is 4.61. The van der Waals surface area contributed by atoms with E-state index >= 15 is 0 Å². The van der Waals surface area contributed by atoms with E-state index in [9.17, 15) is 4.79 Å². The molecule has 102 valence electrons. The van der Waals surface area contributed by atoms with Gasteiger partial charge < -0.3 is 0 Å². The summed E-state index contributed by atoms with van der Waals surface area (Å²) in [7, 11) is 0. The fourth-order valence-corrected chi connectivity index (χ4v) is 1.85. The number of nitrogens with one attached hydrogen (secondary N) is 1. The highest BCUT2D eigenvalue weighted by Gasteiger charge is 2.03. The molecule has 3 heteroatoms. The summed E-state index contributed by atoms with van der Waals surface area (Å²) in [6.45, 7) is 4.09. The summed E-state index contributed by atoms with van der Waals surface area (Å²) in [5.41, 5.74) is 6.49. The van der Waals surface area contributed by atoms with Crippen molar-refractivity contribution in [3.05, 3.63) is 70.8 Å². The lowest BCUT2D eigenvalue weighted by molar-refractivity contribution is 0.0955. The average molecular weight is 266 g/mol. The summed E-state index contributed by atoms with van der Waals surface area (Å²) in [5.74, 6) is -0.197. The Hall–Kier alpha value is -2.42. The van der Waals surface area contributed by atoms with E-state index in [0.29, 0.717) is 5.56 Å². The highest BCUT2D eigenvalue weighted by atomic mass is 16.2. The maximum Gasteiger partial charge on any atom is 0.271 e. The van der Waals surface area contributed by atoms with Crippen LogP contribution in [0.4, 0.5) is 0 Å². The molecule has 0 aliphatic rings. The van der Waals surface area contributed by atoms with Gasteiger partial charge in [0.15, 0.2) is 0 Å². The second kappa shape index (κ2) is 6.66. The number of hydrogen-bond donors (Lipinski definition) is 1. The van der Waals surface area contributed by atoms with Gasteiger partial charge in [0, 0.05) is 5.56 Å². The number of hydrogen-bond acceptors (Lipinski definition) is 2. The number of nitrogens with zero attached hydrogens (tertiary/aromatic N) is 1. The first-order valence-electron chi connectivity index (χ1n) is 6.68. The molecule has 0 spiro atoms. The molecular weight excluding hydrogens is 248 g/mol. The molecule has 2 rings (SSSR count). The van der Waals surface area contributed by atoms with Crippen molar-refractivity contribution in [1.82, 2.24) is 5.43 Å². The van der Waals surface area contributed by atoms with Crippen LogP contribution in [0.5, 0.6) is 0 Å². The van der Waals surface area contributed by atoms with Crippen molar-refractivity contribution in [2.45, 2.75) is 20.3 Å². The summed E-state index contributed by atoms with van der Waals surface area (Å²) in [4.78, 5) is 11.9. The van der Waals surface area contributed by atoms with E-state index < -0.39 is 0 Å². The number of hydrazone groups is 1. The molecule has 0 heterocycles. The van der Waals surface area contributed by atoms with Gasteiger partial charge in [-0.05, 0) is 42.2 Å². The predicted octanol–water partition coefficient (Wildman–Crippen LogP) is 3.32. The van der Waals surface area contributed by atoms with Crippen LogP contribution in [0.15, 0.2) is 53.6 Å². The Labute approximate surface area is 119 Å². The maximum absolute atomic E-state index is 11.9. The standard InChI is InChI=1S/C17H18N2O/c1-3-14-8-10-15(11-9-14)17(20)19-18-12-16-7-5-4-6-13(16)2/h4-12H,3H2,1-2H3,(H,19,20)/b18-12-. The van der Waals surface area contributed by atoms with Gasteiger partial charge >= 0.3 is 0 Å². The van der Waals surface area contributed by atoms with Crippen molar-refractivity contribution < 1.29 is 4.79 Å². The van der Waals surface area contributed by atoms with Crippen molar-refractivity contribution >= 4 is 12.1 Å². The second-order valence-corrected chi connectivity index (χ2v) is 4.61. The topological polar surface area (TPSA) is 41.5 Å². The van der Waals surface area contributed by atoms with Crippen molar-refractivity contribution in [3.63, 3.8) is 0 Å². The van der Waals surface area contributed by atoms with Crippen LogP contribution in [0.1, 0.15) is 34.0 Å². The van der Waals surface area contributed by atoms with Crippen LogP contribution in [0.2, 0.25) is 0 Å². The van der Waals surface area contributed by atoms with Gasteiger partial charge in [0.2, 0.25) is 0 Å². The Bertz CT molecular complexity index is 615. The molecule has 2 aromatic carbocycles. The molecule has 0 saturated heterocycles. The van der Waals surface area contributed by atoms with Crippen LogP contribution in [0.25, 0.3) is 0 Å². The molecule has 1 N–H and O–H groups in total. The molecule has 0 saturated carbocycles. The van der Waals surface area contributed by atoms with Crippen molar-refractivity contribution in [1.29, 1.82) is 0 Å². The molecule has 0 unspecified atom stereocenters. The van der Waals surface area contributed by atoms with Crippen LogP contribution < -0.4 is 5.43 Å². The van der Waals surface area contributed by atoms with Crippen LogP contribution in [-0.4, -0.2) is 12.1 Å². The number of carbonyl (C=O) groups excluding carboxylic acids is 1. The third-order valence-electron chi connectivity index (χ3n) is 3.18. The van der Waals surface area contributed by atoms with Crippen molar-refractivity contribution in [2.24, 2.45) is 5.10 Å². The molecule has 0 aliphatic carbocycles. The summed E-state index contributed by atoms with van der Waals surface area (Å²) < 4.78 is 0. The monoisotopic (exact) mass is 266 g/mol. The Kier molecular flexibility index (Phi) is 4.66. The smallest absolute Gasteiger partial charge is 0.267 e. The molecule has 2 aromatic rings. The van der Waals surface area contributed by atoms with Crippen LogP contribution in [0, 0.1) is 6.92 Å². The van der Waals surface area contributed by atoms with Crippen molar-refractivity contribution in [3.8, 4) is 0 Å². The molecule has 0 aliphatic heterocycles. The molecule has 0 aromatic heterocycles. The van der Waals surface area contributed by atoms with E-state index in [4.69, 9.17) is 0 Å². The Morgan fingerprint density at radius 3 is 2.50 bits per heavy atom. The summed E-state index contributed by atoms with van der Waals surface area (Å²) in [5, 5.41) is 4.00. The van der Waals surface area contributed by atoms with Gasteiger partial charge in [0.25, 0.3) is 5.91 Å². The van der Waals surface area contributed by atoms with Gasteiger partial charge in [-0.25, -0.2) is 5.43 Å². The first kappa shape index (κ1) is 14.0. The molecule has 0 atom stereocenters. The maximum atomic E-state index is 11.9. The molecule has 20 heavy (non-hydrogen) atoms. The number of rotatable bonds is 4. The van der Waals surface area contributed by atoms with E-state index in [1.165, 1.54) is 5.56 Å². The third-order valence-corrected chi connectivity index (χ3v) is 3.18. The quantitative estimate of drug-likeness (QED) is 0.669.